The molecule has 1 heterocycles. The number of nitrogens with one attached hydrogen (secondary N) is 2. The lowest BCUT2D eigenvalue weighted by molar-refractivity contribution is -0.116. The Morgan fingerprint density at radius 2 is 2.33 bits per heavy atom. The fourth-order valence-corrected chi connectivity index (χ4v) is 1.34. The smallest absolute Gasteiger partial charge is 0.265 e. The van der Waals surface area contributed by atoms with Crippen LogP contribution in [-0.2, 0) is 9.53 Å². The van der Waals surface area contributed by atoms with Crippen LogP contribution in [0.25, 0.3) is 0 Å². The maximum Gasteiger partial charge on any atom is 0.265 e. The number of amides is 1. The van der Waals surface area contributed by atoms with Crippen molar-refractivity contribution in [2.24, 2.45) is 0 Å². The molecule has 0 aliphatic carbocycles. The Hall–Kier alpha value is -1.76. The minimum Gasteiger partial charge on any atom is -0.501 e. The van der Waals surface area contributed by atoms with Gasteiger partial charge in [0.1, 0.15) is 10.3 Å². The van der Waals surface area contributed by atoms with Gasteiger partial charge < -0.3 is 9.47 Å². The zero-order valence-corrected chi connectivity index (χ0v) is 11.7. The number of anilines is 1. The summed E-state index contributed by atoms with van der Waals surface area (Å²) >= 11 is 3.23. The molecule has 1 rings (SSSR count). The van der Waals surface area contributed by atoms with Gasteiger partial charge in [0.15, 0.2) is 0 Å². The maximum absolute atomic E-state index is 11.3. The van der Waals surface area contributed by atoms with E-state index in [1.807, 2.05) is 6.92 Å². The van der Waals surface area contributed by atoms with Crippen LogP contribution in [0.5, 0.6) is 5.88 Å². The number of hydrazine groups is 1. The van der Waals surface area contributed by atoms with Gasteiger partial charge in [-0.2, -0.15) is 0 Å². The summed E-state index contributed by atoms with van der Waals surface area (Å²) in [7, 11) is 1.50. The molecule has 1 aromatic rings. The van der Waals surface area contributed by atoms with E-state index in [0.717, 1.165) is 0 Å². The molecule has 0 aliphatic heterocycles. The quantitative estimate of drug-likeness (QED) is 0.363. The van der Waals surface area contributed by atoms with Crippen molar-refractivity contribution in [1.82, 2.24) is 10.4 Å². The molecular formula is C11H14BrN3O3. The van der Waals surface area contributed by atoms with Gasteiger partial charge in [-0.3, -0.25) is 15.6 Å². The molecule has 7 heteroatoms. The summed E-state index contributed by atoms with van der Waals surface area (Å²) in [6.07, 6.45) is 2.60. The summed E-state index contributed by atoms with van der Waals surface area (Å²) in [4.78, 5) is 15.4. The van der Waals surface area contributed by atoms with E-state index < -0.39 is 0 Å². The van der Waals surface area contributed by atoms with Gasteiger partial charge in [-0.1, -0.05) is 0 Å². The number of carbonyl (C=O) groups excluding carboxylic acids is 1. The molecular weight excluding hydrogens is 302 g/mol. The molecule has 0 unspecified atom stereocenters. The van der Waals surface area contributed by atoms with Crippen molar-refractivity contribution in [1.29, 1.82) is 0 Å². The standard InChI is InChI=1S/C11H14BrN3O3/c1-3-18-7-6-10(16)15-14-8-4-5-9(12)13-11(8)17-2/h4-7,14H,3H2,1-2H3,(H,15,16). The molecule has 0 aliphatic rings. The highest BCUT2D eigenvalue weighted by atomic mass is 79.9. The maximum atomic E-state index is 11.3. The summed E-state index contributed by atoms with van der Waals surface area (Å²) in [6, 6.07) is 3.45. The Kier molecular flexibility index (Phi) is 5.99. The normalized spacial score (nSPS) is 10.2. The topological polar surface area (TPSA) is 72.5 Å². The third kappa shape index (κ3) is 4.62. The lowest BCUT2D eigenvalue weighted by Crippen LogP contribution is -2.27. The van der Waals surface area contributed by atoms with Crippen molar-refractivity contribution < 1.29 is 14.3 Å². The fraction of sp³-hybridized carbons (Fsp3) is 0.273. The SMILES string of the molecule is CCOC=CC(=O)NNc1ccc(Br)nc1OC. The molecule has 18 heavy (non-hydrogen) atoms. The predicted octanol–water partition coefficient (Wildman–Crippen LogP) is 1.85. The molecule has 0 fully saturated rings. The van der Waals surface area contributed by atoms with Gasteiger partial charge in [0.25, 0.3) is 5.91 Å². The number of carbonyl (C=O) groups is 1. The second-order valence-corrected chi connectivity index (χ2v) is 3.88. The van der Waals surface area contributed by atoms with Crippen LogP contribution in [0.1, 0.15) is 6.92 Å². The first kappa shape index (κ1) is 14.3. The van der Waals surface area contributed by atoms with E-state index in [-0.39, 0.29) is 5.91 Å². The van der Waals surface area contributed by atoms with E-state index >= 15 is 0 Å². The Labute approximate surface area is 113 Å². The minimum absolute atomic E-state index is 0.339. The Morgan fingerprint density at radius 3 is 3.00 bits per heavy atom. The molecule has 1 aromatic heterocycles. The largest absolute Gasteiger partial charge is 0.501 e. The van der Waals surface area contributed by atoms with Gasteiger partial charge >= 0.3 is 0 Å². The summed E-state index contributed by atoms with van der Waals surface area (Å²) in [5.41, 5.74) is 5.72. The zero-order chi connectivity index (χ0) is 13.4. The van der Waals surface area contributed by atoms with Crippen molar-refractivity contribution >= 4 is 27.5 Å². The van der Waals surface area contributed by atoms with Gasteiger partial charge in [-0.15, -0.1) is 0 Å². The van der Waals surface area contributed by atoms with Crippen LogP contribution in [0, 0.1) is 0 Å². The monoisotopic (exact) mass is 315 g/mol. The van der Waals surface area contributed by atoms with Crippen LogP contribution >= 0.6 is 15.9 Å². The number of rotatable bonds is 6. The fourth-order valence-electron chi connectivity index (χ4n) is 1.05. The zero-order valence-electron chi connectivity index (χ0n) is 10.1. The number of halogens is 1. The van der Waals surface area contributed by atoms with Gasteiger partial charge in [0.05, 0.1) is 20.0 Å². The highest BCUT2D eigenvalue weighted by molar-refractivity contribution is 9.10. The van der Waals surface area contributed by atoms with Crippen molar-refractivity contribution in [2.75, 3.05) is 19.1 Å². The molecule has 98 valence electrons. The number of pyridine rings is 1. The third-order valence-corrected chi connectivity index (χ3v) is 2.26. The summed E-state index contributed by atoms with van der Waals surface area (Å²) in [5.74, 6) is 0.0342. The van der Waals surface area contributed by atoms with E-state index in [2.05, 4.69) is 31.8 Å². The van der Waals surface area contributed by atoms with Crippen LogP contribution < -0.4 is 15.6 Å². The third-order valence-electron chi connectivity index (χ3n) is 1.82. The molecule has 1 amide bonds. The highest BCUT2D eigenvalue weighted by Gasteiger charge is 2.05. The van der Waals surface area contributed by atoms with Gasteiger partial charge in [0.2, 0.25) is 5.88 Å². The minimum atomic E-state index is -0.339. The number of nitrogens with zero attached hydrogens (tertiary/aromatic N) is 1. The first-order valence-corrected chi connectivity index (χ1v) is 6.01. The first-order chi connectivity index (χ1) is 8.67. The second kappa shape index (κ2) is 7.54. The van der Waals surface area contributed by atoms with Gasteiger partial charge in [-0.25, -0.2) is 4.98 Å². The average molecular weight is 316 g/mol. The lowest BCUT2D eigenvalue weighted by atomic mass is 10.4. The van der Waals surface area contributed by atoms with Crippen LogP contribution in [-0.4, -0.2) is 24.6 Å². The highest BCUT2D eigenvalue weighted by Crippen LogP contribution is 2.22. The number of aromatic nitrogens is 1. The summed E-state index contributed by atoms with van der Waals surface area (Å²) in [5, 5.41) is 0. The van der Waals surface area contributed by atoms with Gasteiger partial charge in [-0.05, 0) is 35.0 Å². The van der Waals surface area contributed by atoms with Gasteiger partial charge in [0, 0.05) is 6.08 Å². The van der Waals surface area contributed by atoms with Crippen LogP contribution in [0.3, 0.4) is 0 Å². The molecule has 0 saturated carbocycles. The first-order valence-electron chi connectivity index (χ1n) is 5.22. The lowest BCUT2D eigenvalue weighted by Gasteiger charge is -2.10. The van der Waals surface area contributed by atoms with Crippen LogP contribution in [0.4, 0.5) is 5.69 Å². The second-order valence-electron chi connectivity index (χ2n) is 3.06. The Morgan fingerprint density at radius 1 is 1.56 bits per heavy atom. The summed E-state index contributed by atoms with van der Waals surface area (Å²) in [6.45, 7) is 2.35. The molecule has 0 bridgehead atoms. The number of methoxy groups -OCH3 is 1. The van der Waals surface area contributed by atoms with E-state index in [4.69, 9.17) is 9.47 Å². The number of hydrogen-bond acceptors (Lipinski definition) is 5. The molecule has 0 radical (unpaired) electrons. The van der Waals surface area contributed by atoms with Crippen LogP contribution in [0.2, 0.25) is 0 Å². The molecule has 0 aromatic carbocycles. The Bertz CT molecular complexity index is 438. The van der Waals surface area contributed by atoms with Crippen molar-refractivity contribution in [2.45, 2.75) is 6.92 Å². The Balaban J connectivity index is 2.55. The molecule has 0 saturated heterocycles. The molecule has 0 atom stereocenters. The van der Waals surface area contributed by atoms with Crippen molar-refractivity contribution in [3.05, 3.63) is 29.1 Å². The predicted molar refractivity (Wildman–Crippen MR) is 71.0 cm³/mol. The van der Waals surface area contributed by atoms with Crippen molar-refractivity contribution in [3.8, 4) is 5.88 Å². The van der Waals surface area contributed by atoms with Crippen molar-refractivity contribution in [3.63, 3.8) is 0 Å². The average Bonchev–Trinajstić information content (AvgIpc) is 2.37. The van der Waals surface area contributed by atoms with E-state index in [9.17, 15) is 4.79 Å². The van der Waals surface area contributed by atoms with Crippen LogP contribution in [0.15, 0.2) is 29.1 Å². The summed E-state index contributed by atoms with van der Waals surface area (Å²) < 4.78 is 10.6. The molecule has 6 nitrogen and oxygen atoms in total. The van der Waals surface area contributed by atoms with E-state index in [0.29, 0.717) is 22.8 Å². The number of hydrogen-bond donors (Lipinski definition) is 2. The molecule has 2 N–H and O–H groups in total. The van der Waals surface area contributed by atoms with E-state index in [1.165, 1.54) is 19.4 Å². The van der Waals surface area contributed by atoms with E-state index in [1.54, 1.807) is 12.1 Å². The number of ether oxygens (including phenoxy) is 2. The molecule has 0 spiro atoms.